The Morgan fingerprint density at radius 1 is 1.38 bits per heavy atom. The minimum atomic E-state index is 0.112. The highest BCUT2D eigenvalue weighted by Crippen LogP contribution is 2.32. The first-order valence-corrected chi connectivity index (χ1v) is 5.98. The molecule has 0 radical (unpaired) electrons. The van der Waals surface area contributed by atoms with Gasteiger partial charge < -0.3 is 11.1 Å². The molecule has 0 bridgehead atoms. The van der Waals surface area contributed by atoms with Gasteiger partial charge in [0.1, 0.15) is 6.33 Å². The van der Waals surface area contributed by atoms with E-state index in [0.717, 1.165) is 11.6 Å². The maximum atomic E-state index is 6.14. The third-order valence-corrected chi connectivity index (χ3v) is 3.51. The van der Waals surface area contributed by atoms with Crippen molar-refractivity contribution in [2.75, 3.05) is 5.32 Å². The van der Waals surface area contributed by atoms with E-state index in [1.54, 1.807) is 6.33 Å². The van der Waals surface area contributed by atoms with E-state index in [4.69, 9.17) is 5.73 Å². The van der Waals surface area contributed by atoms with Crippen molar-refractivity contribution in [3.63, 3.8) is 0 Å². The Labute approximate surface area is 97.7 Å². The molecule has 16 heavy (non-hydrogen) atoms. The lowest BCUT2D eigenvalue weighted by Crippen LogP contribution is -2.29. The van der Waals surface area contributed by atoms with Crippen LogP contribution in [0.4, 0.5) is 5.13 Å². The molecule has 0 amide bonds. The third-order valence-electron chi connectivity index (χ3n) is 2.91. The molecule has 3 rings (SSSR count). The summed E-state index contributed by atoms with van der Waals surface area (Å²) < 4.78 is 3.97. The first-order chi connectivity index (χ1) is 7.84. The Kier molecular flexibility index (Phi) is 2.34. The molecule has 2 atom stereocenters. The van der Waals surface area contributed by atoms with Crippen molar-refractivity contribution in [2.45, 2.75) is 18.5 Å². The Bertz CT molecular complexity index is 482. The molecule has 1 heterocycles. The number of fused-ring (bicyclic) bond motifs is 1. The van der Waals surface area contributed by atoms with E-state index >= 15 is 0 Å². The molecular formula is C11H12N4S. The Balaban J connectivity index is 1.90. The van der Waals surface area contributed by atoms with E-state index in [0.29, 0.717) is 0 Å². The van der Waals surface area contributed by atoms with Gasteiger partial charge in [-0.05, 0) is 17.5 Å². The number of benzene rings is 1. The van der Waals surface area contributed by atoms with Gasteiger partial charge in [0.15, 0.2) is 0 Å². The van der Waals surface area contributed by atoms with Crippen molar-refractivity contribution in [1.29, 1.82) is 0 Å². The van der Waals surface area contributed by atoms with Gasteiger partial charge in [-0.25, -0.2) is 4.98 Å². The van der Waals surface area contributed by atoms with Crippen LogP contribution in [0.2, 0.25) is 0 Å². The lowest BCUT2D eigenvalue weighted by Gasteiger charge is -2.17. The van der Waals surface area contributed by atoms with Crippen molar-refractivity contribution >= 4 is 16.7 Å². The monoisotopic (exact) mass is 232 g/mol. The van der Waals surface area contributed by atoms with Crippen LogP contribution in [0.5, 0.6) is 0 Å². The largest absolute Gasteiger partial charge is 0.352 e. The fourth-order valence-electron chi connectivity index (χ4n) is 2.18. The van der Waals surface area contributed by atoms with Gasteiger partial charge in [0.05, 0.1) is 6.04 Å². The number of hydrogen-bond acceptors (Lipinski definition) is 5. The number of hydrogen-bond donors (Lipinski definition) is 2. The van der Waals surface area contributed by atoms with E-state index in [-0.39, 0.29) is 12.1 Å². The summed E-state index contributed by atoms with van der Waals surface area (Å²) in [5, 5.41) is 4.18. The average Bonchev–Trinajstić information content (AvgIpc) is 2.89. The average molecular weight is 232 g/mol. The van der Waals surface area contributed by atoms with Gasteiger partial charge in [0.2, 0.25) is 5.13 Å². The molecular weight excluding hydrogens is 220 g/mol. The summed E-state index contributed by atoms with van der Waals surface area (Å²) >= 11 is 1.36. The summed E-state index contributed by atoms with van der Waals surface area (Å²) in [6.45, 7) is 0. The highest BCUT2D eigenvalue weighted by molar-refractivity contribution is 7.09. The van der Waals surface area contributed by atoms with Crippen LogP contribution in [0.1, 0.15) is 17.2 Å². The Morgan fingerprint density at radius 2 is 2.25 bits per heavy atom. The van der Waals surface area contributed by atoms with Gasteiger partial charge in [-0.15, -0.1) is 0 Å². The van der Waals surface area contributed by atoms with Crippen LogP contribution in [0.15, 0.2) is 30.6 Å². The van der Waals surface area contributed by atoms with E-state index in [2.05, 4.69) is 32.9 Å². The van der Waals surface area contributed by atoms with Crippen LogP contribution in [0, 0.1) is 0 Å². The van der Waals surface area contributed by atoms with Crippen LogP contribution in [-0.2, 0) is 6.42 Å². The molecule has 2 unspecified atom stereocenters. The second-order valence-electron chi connectivity index (χ2n) is 3.94. The highest BCUT2D eigenvalue weighted by atomic mass is 32.1. The molecule has 0 saturated heterocycles. The van der Waals surface area contributed by atoms with Crippen molar-refractivity contribution in [2.24, 2.45) is 5.73 Å². The molecule has 0 aliphatic heterocycles. The molecule has 3 N–H and O–H groups in total. The lowest BCUT2D eigenvalue weighted by molar-refractivity contribution is 0.625. The predicted octanol–water partition coefficient (Wildman–Crippen LogP) is 1.57. The minimum absolute atomic E-state index is 0.112. The maximum absolute atomic E-state index is 6.14. The molecule has 1 aromatic heterocycles. The SMILES string of the molecule is NC1Cc2ccccc2C1Nc1ncns1. The van der Waals surface area contributed by atoms with Gasteiger partial charge in [0, 0.05) is 17.6 Å². The van der Waals surface area contributed by atoms with E-state index in [9.17, 15) is 0 Å². The van der Waals surface area contributed by atoms with Crippen molar-refractivity contribution in [1.82, 2.24) is 9.36 Å². The molecule has 4 nitrogen and oxygen atoms in total. The Hall–Kier alpha value is -1.46. The summed E-state index contributed by atoms with van der Waals surface area (Å²) in [5.41, 5.74) is 8.75. The number of nitrogens with one attached hydrogen (secondary N) is 1. The number of nitrogens with two attached hydrogens (primary N) is 1. The van der Waals surface area contributed by atoms with Crippen molar-refractivity contribution < 1.29 is 0 Å². The molecule has 0 spiro atoms. The van der Waals surface area contributed by atoms with Crippen LogP contribution >= 0.6 is 11.5 Å². The standard InChI is InChI=1S/C11H12N4S/c12-9-5-7-3-1-2-4-8(7)10(9)15-11-13-6-14-16-11/h1-4,6,9-10H,5,12H2,(H,13,14,15). The molecule has 1 aliphatic rings. The van der Waals surface area contributed by atoms with Gasteiger partial charge in [-0.3, -0.25) is 0 Å². The second kappa shape index (κ2) is 3.84. The van der Waals surface area contributed by atoms with Crippen LogP contribution in [0.3, 0.4) is 0 Å². The number of anilines is 1. The highest BCUT2D eigenvalue weighted by Gasteiger charge is 2.29. The molecule has 2 aromatic rings. The molecule has 0 saturated carbocycles. The normalized spacial score (nSPS) is 23.1. The van der Waals surface area contributed by atoms with Gasteiger partial charge >= 0.3 is 0 Å². The first kappa shape index (κ1) is 9.74. The lowest BCUT2D eigenvalue weighted by atomic mass is 10.1. The molecule has 1 aromatic carbocycles. The summed E-state index contributed by atoms with van der Waals surface area (Å²) in [6, 6.07) is 8.63. The summed E-state index contributed by atoms with van der Waals surface area (Å²) in [5.74, 6) is 0. The fourth-order valence-corrected chi connectivity index (χ4v) is 2.65. The van der Waals surface area contributed by atoms with Crippen LogP contribution in [-0.4, -0.2) is 15.4 Å². The first-order valence-electron chi connectivity index (χ1n) is 5.21. The molecule has 82 valence electrons. The summed E-state index contributed by atoms with van der Waals surface area (Å²) in [6.07, 6.45) is 2.48. The predicted molar refractivity (Wildman–Crippen MR) is 64.4 cm³/mol. The molecule has 5 heteroatoms. The number of nitrogens with zero attached hydrogens (tertiary/aromatic N) is 2. The zero-order valence-corrected chi connectivity index (χ0v) is 9.45. The van der Waals surface area contributed by atoms with E-state index in [1.165, 1.54) is 22.7 Å². The second-order valence-corrected chi connectivity index (χ2v) is 4.72. The number of aromatic nitrogens is 2. The third kappa shape index (κ3) is 1.58. The smallest absolute Gasteiger partial charge is 0.202 e. The zero-order valence-electron chi connectivity index (χ0n) is 8.63. The van der Waals surface area contributed by atoms with Crippen molar-refractivity contribution in [3.05, 3.63) is 41.7 Å². The zero-order chi connectivity index (χ0) is 11.0. The minimum Gasteiger partial charge on any atom is -0.352 e. The van der Waals surface area contributed by atoms with Gasteiger partial charge in [-0.2, -0.15) is 4.37 Å². The quantitative estimate of drug-likeness (QED) is 0.825. The maximum Gasteiger partial charge on any atom is 0.202 e. The Morgan fingerprint density at radius 3 is 3.06 bits per heavy atom. The van der Waals surface area contributed by atoms with Crippen molar-refractivity contribution in [3.8, 4) is 0 Å². The van der Waals surface area contributed by atoms with Crippen LogP contribution in [0.25, 0.3) is 0 Å². The fraction of sp³-hybridized carbons (Fsp3) is 0.273. The topological polar surface area (TPSA) is 63.8 Å². The van der Waals surface area contributed by atoms with Gasteiger partial charge in [0.25, 0.3) is 0 Å². The van der Waals surface area contributed by atoms with E-state index in [1.807, 2.05) is 6.07 Å². The number of rotatable bonds is 2. The van der Waals surface area contributed by atoms with Gasteiger partial charge in [-0.1, -0.05) is 24.3 Å². The van der Waals surface area contributed by atoms with E-state index < -0.39 is 0 Å². The molecule has 1 aliphatic carbocycles. The molecule has 0 fully saturated rings. The summed E-state index contributed by atoms with van der Waals surface area (Å²) in [4.78, 5) is 4.13. The summed E-state index contributed by atoms with van der Waals surface area (Å²) in [7, 11) is 0. The van der Waals surface area contributed by atoms with Crippen LogP contribution < -0.4 is 11.1 Å².